The zero-order valence-corrected chi connectivity index (χ0v) is 13.9. The van der Waals surface area contributed by atoms with Crippen molar-refractivity contribution in [2.45, 2.75) is 6.54 Å². The van der Waals surface area contributed by atoms with E-state index in [0.717, 1.165) is 12.6 Å². The van der Waals surface area contributed by atoms with E-state index < -0.39 is 5.82 Å². The molecule has 0 aliphatic carbocycles. The van der Waals surface area contributed by atoms with Crippen LogP contribution in [0.15, 0.2) is 28.9 Å². The van der Waals surface area contributed by atoms with E-state index in [4.69, 9.17) is 11.6 Å². The van der Waals surface area contributed by atoms with Crippen LogP contribution in [0.25, 0.3) is 0 Å². The highest BCUT2D eigenvalue weighted by Crippen LogP contribution is 2.24. The zero-order chi connectivity index (χ0) is 15.6. The van der Waals surface area contributed by atoms with Crippen LogP contribution in [0.4, 0.5) is 4.39 Å². The summed E-state index contributed by atoms with van der Waals surface area (Å²) in [5, 5.41) is 4.28. The molecule has 1 aromatic carbocycles. The Hall–Kier alpha value is -1.24. The van der Waals surface area contributed by atoms with Gasteiger partial charge in [0.2, 0.25) is 5.78 Å². The molecule has 0 unspecified atom stereocenters. The maximum atomic E-state index is 13.1. The van der Waals surface area contributed by atoms with Crippen LogP contribution < -0.4 is 0 Å². The maximum absolute atomic E-state index is 13.1. The van der Waals surface area contributed by atoms with Gasteiger partial charge in [-0.2, -0.15) is 5.10 Å². The smallest absolute Gasteiger partial charge is 0.213 e. The lowest BCUT2D eigenvalue weighted by molar-refractivity contribution is 0.102. The second-order valence-electron chi connectivity index (χ2n) is 4.82. The Morgan fingerprint density at radius 3 is 2.81 bits per heavy atom. The van der Waals surface area contributed by atoms with Gasteiger partial charge in [0.05, 0.1) is 22.2 Å². The minimum atomic E-state index is -0.475. The zero-order valence-electron chi connectivity index (χ0n) is 11.6. The summed E-state index contributed by atoms with van der Waals surface area (Å²) >= 11 is 9.29. The van der Waals surface area contributed by atoms with Crippen molar-refractivity contribution in [2.75, 3.05) is 20.6 Å². The Bertz CT molecular complexity index is 672. The van der Waals surface area contributed by atoms with E-state index in [1.54, 1.807) is 10.9 Å². The number of carbonyl (C=O) groups is 1. The molecule has 0 fully saturated rings. The van der Waals surface area contributed by atoms with Gasteiger partial charge >= 0.3 is 0 Å². The number of benzene rings is 1. The third-order valence-corrected chi connectivity index (χ3v) is 3.84. The molecule has 2 aromatic rings. The Morgan fingerprint density at radius 2 is 2.19 bits per heavy atom. The molecule has 0 saturated carbocycles. The van der Waals surface area contributed by atoms with E-state index in [0.29, 0.717) is 16.7 Å². The van der Waals surface area contributed by atoms with Gasteiger partial charge < -0.3 is 4.90 Å². The molecule has 0 aliphatic rings. The van der Waals surface area contributed by atoms with Crippen LogP contribution in [0.2, 0.25) is 5.02 Å². The maximum Gasteiger partial charge on any atom is 0.213 e. The molecular weight excluding hydrogens is 361 g/mol. The lowest BCUT2D eigenvalue weighted by atomic mass is 10.1. The number of hydrogen-bond acceptors (Lipinski definition) is 3. The number of carbonyl (C=O) groups excluding carboxylic acids is 1. The van der Waals surface area contributed by atoms with Crippen molar-refractivity contribution < 1.29 is 9.18 Å². The summed E-state index contributed by atoms with van der Waals surface area (Å²) in [5.74, 6) is -0.764. The lowest BCUT2D eigenvalue weighted by Crippen LogP contribution is -2.22. The molecule has 0 atom stereocenters. The van der Waals surface area contributed by atoms with Crippen molar-refractivity contribution >= 4 is 33.3 Å². The van der Waals surface area contributed by atoms with Crippen molar-refractivity contribution in [3.63, 3.8) is 0 Å². The normalized spacial score (nSPS) is 11.1. The van der Waals surface area contributed by atoms with Crippen LogP contribution >= 0.6 is 27.5 Å². The predicted molar refractivity (Wildman–Crippen MR) is 83.3 cm³/mol. The summed E-state index contributed by atoms with van der Waals surface area (Å²) in [6, 6.07) is 3.73. The van der Waals surface area contributed by atoms with E-state index >= 15 is 0 Å². The average molecular weight is 375 g/mol. The van der Waals surface area contributed by atoms with Gasteiger partial charge in [0.15, 0.2) is 0 Å². The molecule has 21 heavy (non-hydrogen) atoms. The summed E-state index contributed by atoms with van der Waals surface area (Å²) in [7, 11) is 3.88. The standard InChI is InChI=1S/C14H14BrClFN3O/c1-19(2)5-6-20-13(11(15)8-18-20)14(21)10-4-3-9(17)7-12(10)16/h3-4,7-8H,5-6H2,1-2H3. The van der Waals surface area contributed by atoms with Crippen molar-refractivity contribution in [3.8, 4) is 0 Å². The van der Waals surface area contributed by atoms with Gasteiger partial charge in [-0.15, -0.1) is 0 Å². The summed E-state index contributed by atoms with van der Waals surface area (Å²) in [6.07, 6.45) is 1.57. The van der Waals surface area contributed by atoms with Gasteiger partial charge in [0.1, 0.15) is 11.5 Å². The van der Waals surface area contributed by atoms with E-state index in [9.17, 15) is 9.18 Å². The number of aromatic nitrogens is 2. The monoisotopic (exact) mass is 373 g/mol. The molecule has 2 rings (SSSR count). The Labute approximate surface area is 135 Å². The molecule has 0 aliphatic heterocycles. The number of hydrogen-bond donors (Lipinski definition) is 0. The fourth-order valence-electron chi connectivity index (χ4n) is 1.85. The Kier molecular flexibility index (Phi) is 5.13. The largest absolute Gasteiger partial charge is 0.308 e. The summed E-state index contributed by atoms with van der Waals surface area (Å²) < 4.78 is 15.3. The van der Waals surface area contributed by atoms with Crippen LogP contribution in [0.3, 0.4) is 0 Å². The third kappa shape index (κ3) is 3.70. The average Bonchev–Trinajstić information content (AvgIpc) is 2.77. The molecule has 1 heterocycles. The molecule has 4 nitrogen and oxygen atoms in total. The first-order valence-corrected chi connectivity index (χ1v) is 7.43. The topological polar surface area (TPSA) is 38.1 Å². The van der Waals surface area contributed by atoms with Gasteiger partial charge in [0, 0.05) is 12.1 Å². The van der Waals surface area contributed by atoms with Crippen molar-refractivity contribution in [1.82, 2.24) is 14.7 Å². The van der Waals surface area contributed by atoms with Gasteiger partial charge in [-0.3, -0.25) is 9.48 Å². The van der Waals surface area contributed by atoms with E-state index in [2.05, 4.69) is 21.0 Å². The molecule has 0 amide bonds. The van der Waals surface area contributed by atoms with Crippen LogP contribution in [-0.4, -0.2) is 41.1 Å². The van der Waals surface area contributed by atoms with Crippen LogP contribution in [-0.2, 0) is 6.54 Å². The highest BCUT2D eigenvalue weighted by molar-refractivity contribution is 9.10. The first-order valence-electron chi connectivity index (χ1n) is 6.26. The molecule has 0 N–H and O–H groups in total. The van der Waals surface area contributed by atoms with E-state index in [1.165, 1.54) is 12.1 Å². The minimum Gasteiger partial charge on any atom is -0.308 e. The number of likely N-dealkylation sites (N-methyl/N-ethyl adjacent to an activating group) is 1. The highest BCUT2D eigenvalue weighted by Gasteiger charge is 2.21. The van der Waals surface area contributed by atoms with E-state index in [-0.39, 0.29) is 16.4 Å². The highest BCUT2D eigenvalue weighted by atomic mass is 79.9. The number of nitrogens with zero attached hydrogens (tertiary/aromatic N) is 3. The second-order valence-corrected chi connectivity index (χ2v) is 6.08. The van der Waals surface area contributed by atoms with Crippen molar-refractivity contribution in [3.05, 3.63) is 51.0 Å². The third-order valence-electron chi connectivity index (χ3n) is 2.94. The molecule has 7 heteroatoms. The lowest BCUT2D eigenvalue weighted by Gasteiger charge is -2.12. The predicted octanol–water partition coefficient (Wildman–Crippen LogP) is 3.23. The van der Waals surface area contributed by atoms with Crippen LogP contribution in [0.1, 0.15) is 16.1 Å². The Balaban J connectivity index is 2.36. The molecule has 0 spiro atoms. The van der Waals surface area contributed by atoms with Crippen LogP contribution in [0.5, 0.6) is 0 Å². The second kappa shape index (κ2) is 6.68. The van der Waals surface area contributed by atoms with Gasteiger partial charge in [-0.25, -0.2) is 4.39 Å². The number of ketones is 1. The molecule has 1 aromatic heterocycles. The van der Waals surface area contributed by atoms with E-state index in [1.807, 2.05) is 19.0 Å². The molecule has 112 valence electrons. The molecule has 0 bridgehead atoms. The van der Waals surface area contributed by atoms with Crippen LogP contribution in [0, 0.1) is 5.82 Å². The minimum absolute atomic E-state index is 0.0901. The van der Waals surface area contributed by atoms with Gasteiger partial charge in [-0.1, -0.05) is 11.6 Å². The SMILES string of the molecule is CN(C)CCn1ncc(Br)c1C(=O)c1ccc(F)cc1Cl. The summed E-state index contributed by atoms with van der Waals surface area (Å²) in [4.78, 5) is 14.6. The first-order chi connectivity index (χ1) is 9.90. The summed E-state index contributed by atoms with van der Waals surface area (Å²) in [6.45, 7) is 1.31. The fraction of sp³-hybridized carbons (Fsp3) is 0.286. The van der Waals surface area contributed by atoms with Crippen molar-refractivity contribution in [2.24, 2.45) is 0 Å². The van der Waals surface area contributed by atoms with Crippen molar-refractivity contribution in [1.29, 1.82) is 0 Å². The first kappa shape index (κ1) is 16.1. The fourth-order valence-corrected chi connectivity index (χ4v) is 2.58. The Morgan fingerprint density at radius 1 is 1.48 bits per heavy atom. The van der Waals surface area contributed by atoms with Gasteiger partial charge in [-0.05, 0) is 48.2 Å². The molecular formula is C14H14BrClFN3O. The molecule has 0 saturated heterocycles. The van der Waals surface area contributed by atoms with Gasteiger partial charge in [0.25, 0.3) is 0 Å². The number of halogens is 3. The number of rotatable bonds is 5. The quantitative estimate of drug-likeness (QED) is 0.754. The summed E-state index contributed by atoms with van der Waals surface area (Å²) in [5.41, 5.74) is 0.663. The molecule has 0 radical (unpaired) electrons.